The van der Waals surface area contributed by atoms with Gasteiger partial charge in [-0.25, -0.2) is 4.98 Å². The number of nitrogen functional groups attached to an aromatic ring is 1. The lowest BCUT2D eigenvalue weighted by Gasteiger charge is -2.27. The second kappa shape index (κ2) is 7.12. The minimum absolute atomic E-state index is 0.295. The average molecular weight is 388 g/mol. The monoisotopic (exact) mass is 388 g/mol. The Hall–Kier alpha value is -2.99. The second-order valence-corrected chi connectivity index (χ2v) is 7.87. The molecule has 1 fully saturated rings. The number of hydrogen-bond donors (Lipinski definition) is 1. The lowest BCUT2D eigenvalue weighted by atomic mass is 9.98. The number of aldehydes is 1. The van der Waals surface area contributed by atoms with Crippen LogP contribution in [0.25, 0.3) is 22.0 Å². The number of methoxy groups -OCH3 is 1. The number of carbonyl (C=O) groups is 1. The zero-order valence-electron chi connectivity index (χ0n) is 16.5. The molecule has 1 atom stereocenters. The number of carbonyl (C=O) groups excluding carboxylic acids is 1. The predicted molar refractivity (Wildman–Crippen MR) is 113 cm³/mol. The summed E-state index contributed by atoms with van der Waals surface area (Å²) in [5, 5.41) is 0.886. The highest BCUT2D eigenvalue weighted by molar-refractivity contribution is 6.01. The summed E-state index contributed by atoms with van der Waals surface area (Å²) in [6.45, 7) is 0.679. The number of aromatic nitrogens is 2. The Labute approximate surface area is 169 Å². The topological polar surface area (TPSA) is 81.3 Å². The first-order chi connectivity index (χ1) is 14.2. The molecule has 0 saturated heterocycles. The van der Waals surface area contributed by atoms with Crippen molar-refractivity contribution in [1.29, 1.82) is 0 Å². The second-order valence-electron chi connectivity index (χ2n) is 7.87. The lowest BCUT2D eigenvalue weighted by Crippen LogP contribution is -2.32. The number of para-hydroxylation sites is 1. The van der Waals surface area contributed by atoms with Gasteiger partial charge in [0.1, 0.15) is 6.29 Å². The molecular formula is C23H24N4O2. The molecule has 3 aromatic rings. The zero-order valence-corrected chi connectivity index (χ0v) is 16.5. The fourth-order valence-electron chi connectivity index (χ4n) is 4.90. The van der Waals surface area contributed by atoms with Gasteiger partial charge in [-0.05, 0) is 18.9 Å². The van der Waals surface area contributed by atoms with Crippen molar-refractivity contribution in [3.8, 4) is 17.0 Å². The van der Waals surface area contributed by atoms with E-state index in [2.05, 4.69) is 9.88 Å². The van der Waals surface area contributed by atoms with Crippen molar-refractivity contribution in [3.63, 3.8) is 0 Å². The summed E-state index contributed by atoms with van der Waals surface area (Å²) in [5.74, 6) is 0.573. The van der Waals surface area contributed by atoms with E-state index >= 15 is 0 Å². The quantitative estimate of drug-likeness (QED) is 0.683. The van der Waals surface area contributed by atoms with Gasteiger partial charge in [-0.2, -0.15) is 0 Å². The molecule has 0 radical (unpaired) electrons. The molecule has 0 amide bonds. The number of ether oxygens (including phenoxy) is 1. The minimum atomic E-state index is -0.295. The Morgan fingerprint density at radius 1 is 1.21 bits per heavy atom. The van der Waals surface area contributed by atoms with E-state index in [9.17, 15) is 4.79 Å². The number of pyridine rings is 2. The van der Waals surface area contributed by atoms with Crippen LogP contribution >= 0.6 is 0 Å². The molecule has 29 heavy (non-hydrogen) atoms. The van der Waals surface area contributed by atoms with Crippen LogP contribution in [0.3, 0.4) is 0 Å². The smallest absolute Gasteiger partial charge is 0.212 e. The Bertz CT molecular complexity index is 1070. The molecule has 2 N–H and O–H groups in total. The standard InChI is InChI=1S/C23H24N4O2/c1-29-20-10-9-14(11-25-20)16-7-4-8-17-22(24)21-18(26-23(16)17)12-27(19(21)13-28)15-5-2-3-6-15/h4,7-11,13,15,19H,2-3,5-6,12H2,1H3,(H2,24,26). The van der Waals surface area contributed by atoms with Crippen molar-refractivity contribution >= 4 is 22.9 Å². The SMILES string of the molecule is COc1ccc(-c2cccc3c(N)c4c(nc23)CN(C2CCCC2)C4C=O)cn1. The van der Waals surface area contributed by atoms with Gasteiger partial charge in [0.25, 0.3) is 0 Å². The normalized spacial score (nSPS) is 19.6. The van der Waals surface area contributed by atoms with Gasteiger partial charge in [0.2, 0.25) is 5.88 Å². The summed E-state index contributed by atoms with van der Waals surface area (Å²) in [6.07, 6.45) is 7.55. The highest BCUT2D eigenvalue weighted by Crippen LogP contribution is 2.43. The van der Waals surface area contributed by atoms with Crippen LogP contribution in [0.1, 0.15) is 43.0 Å². The fraction of sp³-hybridized carbons (Fsp3) is 0.348. The van der Waals surface area contributed by atoms with E-state index in [1.54, 1.807) is 13.3 Å². The molecule has 6 heteroatoms. The Kier molecular flexibility index (Phi) is 4.43. The molecular weight excluding hydrogens is 364 g/mol. The lowest BCUT2D eigenvalue weighted by molar-refractivity contribution is -0.113. The molecule has 2 aliphatic rings. The molecule has 3 heterocycles. The highest BCUT2D eigenvalue weighted by Gasteiger charge is 2.38. The summed E-state index contributed by atoms with van der Waals surface area (Å²) in [4.78, 5) is 23.7. The third-order valence-corrected chi connectivity index (χ3v) is 6.34. The molecule has 1 saturated carbocycles. The number of benzene rings is 1. The fourth-order valence-corrected chi connectivity index (χ4v) is 4.90. The minimum Gasteiger partial charge on any atom is -0.481 e. The Balaban J connectivity index is 1.65. The van der Waals surface area contributed by atoms with E-state index in [4.69, 9.17) is 15.5 Å². The zero-order chi connectivity index (χ0) is 20.0. The van der Waals surface area contributed by atoms with E-state index < -0.39 is 0 Å². The first-order valence-electron chi connectivity index (χ1n) is 10.1. The van der Waals surface area contributed by atoms with Gasteiger partial charge in [-0.1, -0.05) is 31.0 Å². The van der Waals surface area contributed by atoms with Gasteiger partial charge < -0.3 is 15.3 Å². The number of hydrogen-bond acceptors (Lipinski definition) is 6. The first kappa shape index (κ1) is 18.1. The summed E-state index contributed by atoms with van der Waals surface area (Å²) in [6, 6.07) is 9.96. The molecule has 2 aromatic heterocycles. The Morgan fingerprint density at radius 3 is 2.72 bits per heavy atom. The van der Waals surface area contributed by atoms with Crippen molar-refractivity contribution in [1.82, 2.24) is 14.9 Å². The van der Waals surface area contributed by atoms with Crippen LogP contribution in [0.4, 0.5) is 5.69 Å². The largest absolute Gasteiger partial charge is 0.481 e. The van der Waals surface area contributed by atoms with Gasteiger partial charge >= 0.3 is 0 Å². The highest BCUT2D eigenvalue weighted by atomic mass is 16.5. The van der Waals surface area contributed by atoms with Crippen molar-refractivity contribution in [2.24, 2.45) is 0 Å². The first-order valence-corrected chi connectivity index (χ1v) is 10.1. The van der Waals surface area contributed by atoms with Gasteiger partial charge in [0, 0.05) is 52.6 Å². The van der Waals surface area contributed by atoms with E-state index in [0.717, 1.165) is 52.4 Å². The molecule has 1 unspecified atom stereocenters. The summed E-state index contributed by atoms with van der Waals surface area (Å²) in [7, 11) is 1.60. The van der Waals surface area contributed by atoms with E-state index in [1.807, 2.05) is 30.3 Å². The summed E-state index contributed by atoms with van der Waals surface area (Å²) < 4.78 is 5.17. The van der Waals surface area contributed by atoms with Crippen LogP contribution in [0.15, 0.2) is 36.5 Å². The van der Waals surface area contributed by atoms with Gasteiger partial charge in [0.05, 0.1) is 24.4 Å². The Morgan fingerprint density at radius 2 is 2.03 bits per heavy atom. The number of nitrogens with zero attached hydrogens (tertiary/aromatic N) is 3. The predicted octanol–water partition coefficient (Wildman–Crippen LogP) is 3.89. The maximum atomic E-state index is 12.0. The number of fused-ring (bicyclic) bond motifs is 2. The van der Waals surface area contributed by atoms with Gasteiger partial charge in [-0.3, -0.25) is 9.88 Å². The average Bonchev–Trinajstić information content (AvgIpc) is 3.41. The van der Waals surface area contributed by atoms with Crippen LogP contribution in [-0.2, 0) is 11.3 Å². The molecule has 5 rings (SSSR count). The van der Waals surface area contributed by atoms with Crippen LogP contribution < -0.4 is 10.5 Å². The molecule has 1 aliphatic carbocycles. The molecule has 0 bridgehead atoms. The third kappa shape index (κ3) is 2.86. The van der Waals surface area contributed by atoms with Crippen LogP contribution in [-0.4, -0.2) is 34.3 Å². The molecule has 0 spiro atoms. The van der Waals surface area contributed by atoms with E-state index in [-0.39, 0.29) is 6.04 Å². The van der Waals surface area contributed by atoms with E-state index in [0.29, 0.717) is 24.2 Å². The van der Waals surface area contributed by atoms with Gasteiger partial charge in [0.15, 0.2) is 0 Å². The summed E-state index contributed by atoms with van der Waals surface area (Å²) >= 11 is 0. The van der Waals surface area contributed by atoms with Crippen LogP contribution in [0, 0.1) is 0 Å². The van der Waals surface area contributed by atoms with Crippen molar-refractivity contribution in [3.05, 3.63) is 47.8 Å². The molecule has 1 aromatic carbocycles. The molecule has 1 aliphatic heterocycles. The number of rotatable bonds is 4. The van der Waals surface area contributed by atoms with Crippen molar-refractivity contribution < 1.29 is 9.53 Å². The maximum absolute atomic E-state index is 12.0. The van der Waals surface area contributed by atoms with Crippen molar-refractivity contribution in [2.75, 3.05) is 12.8 Å². The maximum Gasteiger partial charge on any atom is 0.212 e. The van der Waals surface area contributed by atoms with Gasteiger partial charge in [-0.15, -0.1) is 0 Å². The number of nitrogens with two attached hydrogens (primary N) is 1. The summed E-state index contributed by atoms with van der Waals surface area (Å²) in [5.41, 5.74) is 11.9. The van der Waals surface area contributed by atoms with Crippen LogP contribution in [0.5, 0.6) is 5.88 Å². The molecule has 6 nitrogen and oxygen atoms in total. The number of anilines is 1. The van der Waals surface area contributed by atoms with Crippen molar-refractivity contribution in [2.45, 2.75) is 44.3 Å². The third-order valence-electron chi connectivity index (χ3n) is 6.34. The van der Waals surface area contributed by atoms with Crippen LogP contribution in [0.2, 0.25) is 0 Å². The molecule has 148 valence electrons. The van der Waals surface area contributed by atoms with E-state index in [1.165, 1.54) is 12.8 Å².